The van der Waals surface area contributed by atoms with Crippen LogP contribution in [0.1, 0.15) is 39.0 Å². The van der Waals surface area contributed by atoms with Crippen molar-refractivity contribution in [2.75, 3.05) is 7.11 Å². The summed E-state index contributed by atoms with van der Waals surface area (Å²) < 4.78 is 5.84. The standard InChI is InChI=1S/C15H24O/c1-4-15(5-2)12-7-10-6-11(9-12)14(16-3)13(15)8-10/h4,10-14H,1,5-9H2,2-3H3. The number of hydrogen-bond acceptors (Lipinski definition) is 1. The van der Waals surface area contributed by atoms with Gasteiger partial charge in [-0.15, -0.1) is 6.58 Å². The van der Waals surface area contributed by atoms with Gasteiger partial charge in [-0.05, 0) is 61.2 Å². The molecule has 0 aliphatic heterocycles. The first-order valence-electron chi connectivity index (χ1n) is 6.91. The smallest absolute Gasteiger partial charge is 0.0636 e. The first-order valence-corrected chi connectivity index (χ1v) is 6.91. The van der Waals surface area contributed by atoms with Crippen molar-refractivity contribution in [3.63, 3.8) is 0 Å². The fourth-order valence-corrected chi connectivity index (χ4v) is 5.40. The van der Waals surface area contributed by atoms with E-state index in [1.807, 2.05) is 7.11 Å². The largest absolute Gasteiger partial charge is 0.381 e. The van der Waals surface area contributed by atoms with Gasteiger partial charge in [-0.25, -0.2) is 0 Å². The number of allylic oxidation sites excluding steroid dienone is 1. The van der Waals surface area contributed by atoms with Gasteiger partial charge in [-0.3, -0.25) is 0 Å². The summed E-state index contributed by atoms with van der Waals surface area (Å²) in [5.74, 6) is 3.52. The lowest BCUT2D eigenvalue weighted by molar-refractivity contribution is -0.172. The summed E-state index contributed by atoms with van der Waals surface area (Å²) in [5.41, 5.74) is 0.397. The molecular formula is C15H24O. The van der Waals surface area contributed by atoms with E-state index in [1.165, 1.54) is 32.1 Å². The Morgan fingerprint density at radius 3 is 2.75 bits per heavy atom. The topological polar surface area (TPSA) is 9.23 Å². The van der Waals surface area contributed by atoms with Crippen LogP contribution in [0.25, 0.3) is 0 Å². The summed E-state index contributed by atoms with van der Waals surface area (Å²) in [6.45, 7) is 6.51. The van der Waals surface area contributed by atoms with Crippen molar-refractivity contribution in [2.24, 2.45) is 29.1 Å². The zero-order valence-corrected chi connectivity index (χ0v) is 10.6. The van der Waals surface area contributed by atoms with Crippen LogP contribution in [0, 0.1) is 29.1 Å². The van der Waals surface area contributed by atoms with Gasteiger partial charge in [0.05, 0.1) is 6.10 Å². The second-order valence-electron chi connectivity index (χ2n) is 6.24. The minimum absolute atomic E-state index is 0.397. The molecule has 1 nitrogen and oxygen atoms in total. The number of methoxy groups -OCH3 is 1. The molecule has 0 amide bonds. The highest BCUT2D eigenvalue weighted by molar-refractivity contribution is 5.15. The van der Waals surface area contributed by atoms with E-state index in [9.17, 15) is 0 Å². The molecular weight excluding hydrogens is 196 g/mol. The van der Waals surface area contributed by atoms with E-state index in [-0.39, 0.29) is 0 Å². The lowest BCUT2D eigenvalue weighted by Crippen LogP contribution is -2.59. The zero-order valence-electron chi connectivity index (χ0n) is 10.6. The molecule has 4 rings (SSSR count). The van der Waals surface area contributed by atoms with E-state index in [2.05, 4.69) is 19.6 Å². The minimum Gasteiger partial charge on any atom is -0.381 e. The van der Waals surface area contributed by atoms with Crippen molar-refractivity contribution in [1.82, 2.24) is 0 Å². The van der Waals surface area contributed by atoms with Gasteiger partial charge in [0.1, 0.15) is 0 Å². The highest BCUT2D eigenvalue weighted by Gasteiger charge is 2.59. The number of ether oxygens (including phenoxy) is 1. The average Bonchev–Trinajstić information content (AvgIpc) is 2.30. The van der Waals surface area contributed by atoms with Crippen molar-refractivity contribution >= 4 is 0 Å². The van der Waals surface area contributed by atoms with Crippen LogP contribution < -0.4 is 0 Å². The van der Waals surface area contributed by atoms with Crippen LogP contribution in [0.15, 0.2) is 12.7 Å². The fraction of sp³-hybridized carbons (Fsp3) is 0.867. The van der Waals surface area contributed by atoms with Gasteiger partial charge >= 0.3 is 0 Å². The van der Waals surface area contributed by atoms with E-state index in [1.54, 1.807) is 0 Å². The van der Waals surface area contributed by atoms with Gasteiger partial charge in [0.2, 0.25) is 0 Å². The molecule has 4 saturated carbocycles. The Labute approximate surface area is 99.3 Å². The zero-order chi connectivity index (χ0) is 11.3. The molecule has 0 saturated heterocycles. The molecule has 0 heterocycles. The molecule has 0 spiro atoms. The molecule has 4 aliphatic carbocycles. The Morgan fingerprint density at radius 2 is 2.12 bits per heavy atom. The van der Waals surface area contributed by atoms with E-state index < -0.39 is 0 Å². The van der Waals surface area contributed by atoms with Gasteiger partial charge in [0.15, 0.2) is 0 Å². The first-order chi connectivity index (χ1) is 7.75. The van der Waals surface area contributed by atoms with Crippen molar-refractivity contribution in [3.8, 4) is 0 Å². The van der Waals surface area contributed by atoms with Crippen molar-refractivity contribution in [2.45, 2.75) is 45.1 Å². The summed E-state index contributed by atoms with van der Waals surface area (Å²) in [5, 5.41) is 0. The minimum atomic E-state index is 0.397. The quantitative estimate of drug-likeness (QED) is 0.660. The van der Waals surface area contributed by atoms with Gasteiger partial charge in [0.25, 0.3) is 0 Å². The van der Waals surface area contributed by atoms with E-state index in [0.29, 0.717) is 11.5 Å². The molecule has 4 aliphatic rings. The second kappa shape index (κ2) is 3.60. The number of rotatable bonds is 3. The van der Waals surface area contributed by atoms with Crippen LogP contribution in [-0.4, -0.2) is 13.2 Å². The maximum absolute atomic E-state index is 5.84. The van der Waals surface area contributed by atoms with Gasteiger partial charge in [0, 0.05) is 7.11 Å². The van der Waals surface area contributed by atoms with Crippen molar-refractivity contribution in [3.05, 3.63) is 12.7 Å². The molecule has 0 aromatic heterocycles. The van der Waals surface area contributed by atoms with Crippen LogP contribution >= 0.6 is 0 Å². The molecule has 4 bridgehead atoms. The summed E-state index contributed by atoms with van der Waals surface area (Å²) >= 11 is 0. The van der Waals surface area contributed by atoms with Crippen molar-refractivity contribution < 1.29 is 4.74 Å². The number of hydrogen-bond donors (Lipinski definition) is 0. The summed E-state index contributed by atoms with van der Waals surface area (Å²) in [6, 6.07) is 0. The molecule has 0 N–H and O–H groups in total. The predicted molar refractivity (Wildman–Crippen MR) is 66.1 cm³/mol. The normalized spacial score (nSPS) is 54.2. The van der Waals surface area contributed by atoms with Crippen LogP contribution in [0.4, 0.5) is 0 Å². The molecule has 90 valence electrons. The summed E-state index contributed by atoms with van der Waals surface area (Å²) in [7, 11) is 1.91. The maximum Gasteiger partial charge on any atom is 0.0636 e. The molecule has 0 radical (unpaired) electrons. The van der Waals surface area contributed by atoms with Crippen LogP contribution in [-0.2, 0) is 4.74 Å². The Hall–Kier alpha value is -0.300. The van der Waals surface area contributed by atoms with Crippen LogP contribution in [0.2, 0.25) is 0 Å². The van der Waals surface area contributed by atoms with Gasteiger partial charge in [-0.2, -0.15) is 0 Å². The lowest BCUT2D eigenvalue weighted by Gasteiger charge is -2.63. The first kappa shape index (κ1) is 10.8. The molecule has 1 heteroatoms. The summed E-state index contributed by atoms with van der Waals surface area (Å²) in [6.07, 6.45) is 9.74. The average molecular weight is 220 g/mol. The third-order valence-corrected chi connectivity index (χ3v) is 6.00. The van der Waals surface area contributed by atoms with Crippen LogP contribution in [0.5, 0.6) is 0 Å². The maximum atomic E-state index is 5.84. The molecule has 16 heavy (non-hydrogen) atoms. The third kappa shape index (κ3) is 1.16. The summed E-state index contributed by atoms with van der Waals surface area (Å²) in [4.78, 5) is 0. The third-order valence-electron chi connectivity index (χ3n) is 6.00. The molecule has 0 aromatic rings. The Morgan fingerprint density at radius 1 is 1.31 bits per heavy atom. The van der Waals surface area contributed by atoms with Gasteiger partial charge < -0.3 is 4.74 Å². The van der Waals surface area contributed by atoms with E-state index in [4.69, 9.17) is 4.74 Å². The van der Waals surface area contributed by atoms with E-state index in [0.717, 1.165) is 23.7 Å². The van der Waals surface area contributed by atoms with Gasteiger partial charge in [-0.1, -0.05) is 13.0 Å². The molecule has 4 fully saturated rings. The van der Waals surface area contributed by atoms with E-state index >= 15 is 0 Å². The molecule has 6 unspecified atom stereocenters. The predicted octanol–water partition coefficient (Wildman–Crippen LogP) is 3.65. The monoisotopic (exact) mass is 220 g/mol. The van der Waals surface area contributed by atoms with Crippen molar-refractivity contribution in [1.29, 1.82) is 0 Å². The molecule has 0 aromatic carbocycles. The Kier molecular flexibility index (Phi) is 2.43. The SMILES string of the molecule is C=CC1(CC)C2CC3CC(C2)C(OC)C1C3. The molecule has 6 atom stereocenters. The fourth-order valence-electron chi connectivity index (χ4n) is 5.40. The Bertz CT molecular complexity index is 298. The van der Waals surface area contributed by atoms with Crippen LogP contribution in [0.3, 0.4) is 0 Å². The lowest BCUT2D eigenvalue weighted by atomic mass is 9.43. The second-order valence-corrected chi connectivity index (χ2v) is 6.24. The highest BCUT2D eigenvalue weighted by Crippen LogP contribution is 2.64. The Balaban J connectivity index is 1.99. The highest BCUT2D eigenvalue weighted by atomic mass is 16.5.